The molecule has 0 unspecified atom stereocenters. The molecule has 4 nitrogen and oxygen atoms in total. The van der Waals surface area contributed by atoms with Gasteiger partial charge in [-0.1, -0.05) is 0 Å². The van der Waals surface area contributed by atoms with Crippen molar-refractivity contribution in [2.45, 2.75) is 6.42 Å². The Balaban J connectivity index is 1.48. The molecule has 0 radical (unpaired) electrons. The summed E-state index contributed by atoms with van der Waals surface area (Å²) < 4.78 is 0. The molecule has 1 aromatic rings. The van der Waals surface area contributed by atoms with Crippen LogP contribution >= 0.6 is 11.3 Å². The summed E-state index contributed by atoms with van der Waals surface area (Å²) in [6, 6.07) is 0. The van der Waals surface area contributed by atoms with Gasteiger partial charge in [0.2, 0.25) is 0 Å². The second-order valence-electron chi connectivity index (χ2n) is 4.02. The number of thiazole rings is 1. The van der Waals surface area contributed by atoms with Gasteiger partial charge in [0.15, 0.2) is 0 Å². The summed E-state index contributed by atoms with van der Waals surface area (Å²) >= 11 is 1.74. The maximum atomic E-state index is 4.26. The van der Waals surface area contributed by atoms with Crippen molar-refractivity contribution in [3.8, 4) is 0 Å². The van der Waals surface area contributed by atoms with Crippen molar-refractivity contribution in [1.82, 2.24) is 20.5 Å². The second kappa shape index (κ2) is 6.96. The van der Waals surface area contributed by atoms with E-state index in [1.165, 1.54) is 24.6 Å². The lowest BCUT2D eigenvalue weighted by Gasteiger charge is -2.27. The van der Waals surface area contributed by atoms with E-state index in [1.807, 2.05) is 11.6 Å². The SMILES string of the molecule is c1csc(CCNCCN2CCNCC2)n1. The molecule has 16 heavy (non-hydrogen) atoms. The fourth-order valence-corrected chi connectivity index (χ4v) is 2.49. The van der Waals surface area contributed by atoms with Gasteiger partial charge in [0.05, 0.1) is 5.01 Å². The van der Waals surface area contributed by atoms with Gasteiger partial charge < -0.3 is 10.6 Å². The van der Waals surface area contributed by atoms with Crippen LogP contribution in [-0.4, -0.2) is 55.7 Å². The van der Waals surface area contributed by atoms with Crippen LogP contribution in [0.4, 0.5) is 0 Å². The van der Waals surface area contributed by atoms with E-state index < -0.39 is 0 Å². The number of rotatable bonds is 6. The van der Waals surface area contributed by atoms with Crippen molar-refractivity contribution < 1.29 is 0 Å². The van der Waals surface area contributed by atoms with Gasteiger partial charge in [-0.2, -0.15) is 0 Å². The molecule has 1 fully saturated rings. The Bertz CT molecular complexity index is 270. The third-order valence-corrected chi connectivity index (χ3v) is 3.65. The van der Waals surface area contributed by atoms with E-state index >= 15 is 0 Å². The first-order chi connectivity index (χ1) is 7.95. The summed E-state index contributed by atoms with van der Waals surface area (Å²) in [4.78, 5) is 6.77. The van der Waals surface area contributed by atoms with Crippen LogP contribution in [0.2, 0.25) is 0 Å². The van der Waals surface area contributed by atoms with Gasteiger partial charge in [0.1, 0.15) is 0 Å². The minimum Gasteiger partial charge on any atom is -0.315 e. The maximum absolute atomic E-state index is 4.26. The first kappa shape index (κ1) is 12.0. The van der Waals surface area contributed by atoms with Gasteiger partial charge in [-0.15, -0.1) is 11.3 Å². The molecule has 0 bridgehead atoms. The lowest BCUT2D eigenvalue weighted by molar-refractivity contribution is 0.241. The number of nitrogens with one attached hydrogen (secondary N) is 2. The third-order valence-electron chi connectivity index (χ3n) is 2.81. The van der Waals surface area contributed by atoms with Crippen LogP contribution in [0, 0.1) is 0 Å². The molecule has 2 rings (SSSR count). The van der Waals surface area contributed by atoms with Crippen LogP contribution in [-0.2, 0) is 6.42 Å². The molecule has 0 amide bonds. The first-order valence-electron chi connectivity index (χ1n) is 5.97. The first-order valence-corrected chi connectivity index (χ1v) is 6.85. The van der Waals surface area contributed by atoms with Crippen LogP contribution in [0.3, 0.4) is 0 Å². The largest absolute Gasteiger partial charge is 0.315 e. The Hall–Kier alpha value is -0.490. The highest BCUT2D eigenvalue weighted by Crippen LogP contribution is 2.03. The molecular formula is C11H20N4S. The Kier molecular flexibility index (Phi) is 5.21. The highest BCUT2D eigenvalue weighted by atomic mass is 32.1. The average Bonchev–Trinajstić information content (AvgIpc) is 2.83. The van der Waals surface area contributed by atoms with Gasteiger partial charge in [0, 0.05) is 63.8 Å². The standard InChI is InChI=1S/C11H20N4S/c1(11-14-6-10-16-11)2-12-3-7-15-8-4-13-5-9-15/h6,10,12-13H,1-5,7-9H2. The van der Waals surface area contributed by atoms with Crippen molar-refractivity contribution in [3.63, 3.8) is 0 Å². The predicted molar refractivity (Wildman–Crippen MR) is 68.0 cm³/mol. The third kappa shape index (κ3) is 4.17. The molecule has 0 spiro atoms. The van der Waals surface area contributed by atoms with Crippen LogP contribution in [0.15, 0.2) is 11.6 Å². The minimum atomic E-state index is 1.04. The molecule has 5 heteroatoms. The zero-order valence-electron chi connectivity index (χ0n) is 9.61. The van der Waals surface area contributed by atoms with E-state index in [1.54, 1.807) is 11.3 Å². The number of hydrogen-bond donors (Lipinski definition) is 2. The number of aromatic nitrogens is 1. The highest BCUT2D eigenvalue weighted by molar-refractivity contribution is 7.09. The molecule has 2 N–H and O–H groups in total. The number of hydrogen-bond acceptors (Lipinski definition) is 5. The molecule has 1 saturated heterocycles. The van der Waals surface area contributed by atoms with Gasteiger partial charge in [-0.3, -0.25) is 4.90 Å². The fraction of sp³-hybridized carbons (Fsp3) is 0.727. The Labute approximate surface area is 101 Å². The summed E-state index contributed by atoms with van der Waals surface area (Å²) in [5.74, 6) is 0. The summed E-state index contributed by atoms with van der Waals surface area (Å²) in [6.07, 6.45) is 2.93. The smallest absolute Gasteiger partial charge is 0.0937 e. The Morgan fingerprint density at radius 3 is 3.00 bits per heavy atom. The van der Waals surface area contributed by atoms with Gasteiger partial charge in [-0.05, 0) is 0 Å². The van der Waals surface area contributed by atoms with Crippen LogP contribution in [0.5, 0.6) is 0 Å². The van der Waals surface area contributed by atoms with E-state index in [0.29, 0.717) is 0 Å². The molecule has 90 valence electrons. The summed E-state index contributed by atoms with van der Waals surface area (Å²) in [5.41, 5.74) is 0. The Morgan fingerprint density at radius 2 is 2.25 bits per heavy atom. The van der Waals surface area contributed by atoms with Crippen molar-refractivity contribution in [1.29, 1.82) is 0 Å². The quantitative estimate of drug-likeness (QED) is 0.696. The number of nitrogens with zero attached hydrogens (tertiary/aromatic N) is 2. The van der Waals surface area contributed by atoms with E-state index in [4.69, 9.17) is 0 Å². The highest BCUT2D eigenvalue weighted by Gasteiger charge is 2.07. The van der Waals surface area contributed by atoms with Gasteiger partial charge in [-0.25, -0.2) is 4.98 Å². The van der Waals surface area contributed by atoms with Crippen molar-refractivity contribution >= 4 is 11.3 Å². The minimum absolute atomic E-state index is 1.04. The van der Waals surface area contributed by atoms with E-state index in [2.05, 4.69) is 20.5 Å². The lowest BCUT2D eigenvalue weighted by Crippen LogP contribution is -2.45. The molecule has 2 heterocycles. The monoisotopic (exact) mass is 240 g/mol. The predicted octanol–water partition coefficient (Wildman–Crippen LogP) is 0.180. The zero-order chi connectivity index (χ0) is 11.1. The second-order valence-corrected chi connectivity index (χ2v) is 5.00. The molecule has 0 saturated carbocycles. The Morgan fingerprint density at radius 1 is 1.38 bits per heavy atom. The summed E-state index contributed by atoms with van der Waals surface area (Å²) in [6.45, 7) is 7.95. The van der Waals surface area contributed by atoms with E-state index in [0.717, 1.165) is 32.6 Å². The molecule has 1 aliphatic rings. The van der Waals surface area contributed by atoms with Crippen LogP contribution in [0.25, 0.3) is 0 Å². The molecule has 0 aromatic carbocycles. The fourth-order valence-electron chi connectivity index (χ4n) is 1.87. The topological polar surface area (TPSA) is 40.2 Å². The van der Waals surface area contributed by atoms with Gasteiger partial charge >= 0.3 is 0 Å². The maximum Gasteiger partial charge on any atom is 0.0937 e. The summed E-state index contributed by atoms with van der Waals surface area (Å²) in [5, 5.41) is 10.1. The van der Waals surface area contributed by atoms with Crippen molar-refractivity contribution in [2.24, 2.45) is 0 Å². The van der Waals surface area contributed by atoms with E-state index in [9.17, 15) is 0 Å². The molecule has 0 aliphatic carbocycles. The van der Waals surface area contributed by atoms with Crippen molar-refractivity contribution in [3.05, 3.63) is 16.6 Å². The molecular weight excluding hydrogens is 220 g/mol. The molecule has 0 atom stereocenters. The molecule has 1 aromatic heterocycles. The van der Waals surface area contributed by atoms with Gasteiger partial charge in [0.25, 0.3) is 0 Å². The van der Waals surface area contributed by atoms with Crippen LogP contribution in [0.1, 0.15) is 5.01 Å². The average molecular weight is 240 g/mol. The number of piperazine rings is 1. The summed E-state index contributed by atoms with van der Waals surface area (Å²) in [7, 11) is 0. The normalized spacial score (nSPS) is 17.8. The molecule has 1 aliphatic heterocycles. The van der Waals surface area contributed by atoms with E-state index in [-0.39, 0.29) is 0 Å². The lowest BCUT2D eigenvalue weighted by atomic mass is 10.3. The zero-order valence-corrected chi connectivity index (χ0v) is 10.4. The van der Waals surface area contributed by atoms with Crippen molar-refractivity contribution in [2.75, 3.05) is 45.8 Å². The van der Waals surface area contributed by atoms with Crippen LogP contribution < -0.4 is 10.6 Å².